The van der Waals surface area contributed by atoms with Gasteiger partial charge in [-0.05, 0) is 189 Å². The summed E-state index contributed by atoms with van der Waals surface area (Å²) in [6, 6.07) is 18.4. The molecular weight excluding hydrogens is 1880 g/mol. The standard InChI is InChI=1S/C27H30F2N8O2.C27H32F2N8O.2C23H24F2N8O/c28-24-22(5-6-23(25(24)29)39-12-7-17-3-1-2-4-17)37-27(33-34-35-37)21-13-18(14-31-26(21)30)19-15-32-36(16-19)20-8-10-38-11-9-20;1-17(2)9-11-36-16-20(15-32-36)19-13-21(26(30)31-14-19)27-33-34-35-37(27)22-7-8-23(25(29)24(22)28)38-12-10-18-5-3-4-6-18;2*1-32-13-16(12-28-32)15-10-17(22(26)27-11-15)23-29-30-31-33(23)18-6-7-19(21(25)20(18)24)34-9-8-14-4-2-3-5-14/h5-6,13-17,20H,1-4,7-12H2,(H2,30,31);7-8,13-18H,3-6,9-12H2,1-2H3,(H2,30,31);2*6-7,10-14H,2-5,8-9H2,1H3,(H2,26,27). The van der Waals surface area contributed by atoms with Gasteiger partial charge in [-0.25, -0.2) is 37.5 Å². The van der Waals surface area contributed by atoms with Crippen LogP contribution in [-0.2, 0) is 25.4 Å². The Hall–Kier alpha value is -15.6. The highest BCUT2D eigenvalue weighted by Gasteiger charge is 2.31. The van der Waals surface area contributed by atoms with E-state index in [0.29, 0.717) is 91.5 Å². The summed E-state index contributed by atoms with van der Waals surface area (Å²) in [4.78, 5) is 17.0. The van der Waals surface area contributed by atoms with Gasteiger partial charge in [0.1, 0.15) is 46.0 Å². The van der Waals surface area contributed by atoms with Crippen LogP contribution in [0.5, 0.6) is 23.0 Å². The number of aryl methyl sites for hydroxylation is 3. The van der Waals surface area contributed by atoms with Gasteiger partial charge in [-0.3, -0.25) is 18.7 Å². The number of rotatable bonds is 32. The van der Waals surface area contributed by atoms with E-state index in [1.165, 1.54) is 151 Å². The zero-order valence-electron chi connectivity index (χ0n) is 80.4. The monoisotopic (exact) mass is 1990 g/mol. The van der Waals surface area contributed by atoms with E-state index in [-0.39, 0.29) is 98.4 Å². The molecule has 16 aromatic rings. The zero-order chi connectivity index (χ0) is 101. The van der Waals surface area contributed by atoms with E-state index in [1.807, 2.05) is 34.2 Å². The van der Waals surface area contributed by atoms with Crippen molar-refractivity contribution < 1.29 is 58.8 Å². The molecule has 37 nitrogen and oxygen atoms in total. The van der Waals surface area contributed by atoms with Crippen molar-refractivity contribution in [3.05, 3.63) is 194 Å². The van der Waals surface area contributed by atoms with Gasteiger partial charge in [-0.15, -0.1) is 20.4 Å². The smallest absolute Gasteiger partial charge is 0.202 e. The van der Waals surface area contributed by atoms with E-state index in [2.05, 4.69) is 116 Å². The number of nitrogen functional groups attached to an aromatic ring is 4. The van der Waals surface area contributed by atoms with Crippen LogP contribution in [0.4, 0.5) is 58.4 Å². The highest BCUT2D eigenvalue weighted by Crippen LogP contribution is 2.41. The number of halogens is 8. The maximum absolute atomic E-state index is 15.2. The van der Waals surface area contributed by atoms with Crippen molar-refractivity contribution in [2.24, 2.45) is 43.7 Å². The van der Waals surface area contributed by atoms with Crippen LogP contribution in [0, 0.1) is 76.1 Å². The first kappa shape index (κ1) is 99.5. The lowest BCUT2D eigenvalue weighted by atomic mass is 10.1. The highest BCUT2D eigenvalue weighted by molar-refractivity contribution is 5.80. The van der Waals surface area contributed by atoms with E-state index in [1.54, 1.807) is 97.3 Å². The lowest BCUT2D eigenvalue weighted by Crippen LogP contribution is -2.19. The van der Waals surface area contributed by atoms with Crippen LogP contribution in [0.15, 0.2) is 147 Å². The molecule has 4 saturated carbocycles. The van der Waals surface area contributed by atoms with Gasteiger partial charge in [0.25, 0.3) is 0 Å². The van der Waals surface area contributed by atoms with Gasteiger partial charge < -0.3 is 46.6 Å². The highest BCUT2D eigenvalue weighted by atomic mass is 19.2. The third-order valence-corrected chi connectivity index (χ3v) is 27.0. The van der Waals surface area contributed by atoms with Gasteiger partial charge in [0.2, 0.25) is 23.3 Å². The quantitative estimate of drug-likeness (QED) is 0.0284. The first-order valence-corrected chi connectivity index (χ1v) is 48.8. The molecule has 0 radical (unpaired) electrons. The maximum atomic E-state index is 15.2. The van der Waals surface area contributed by atoms with Crippen molar-refractivity contribution in [3.8, 4) is 136 Å². The van der Waals surface area contributed by atoms with Gasteiger partial charge in [0.15, 0.2) is 69.6 Å². The molecule has 145 heavy (non-hydrogen) atoms. The molecule has 45 heteroatoms. The van der Waals surface area contributed by atoms with Gasteiger partial charge in [0, 0.05) is 128 Å². The molecule has 0 bridgehead atoms. The third-order valence-electron chi connectivity index (χ3n) is 27.0. The molecule has 12 aromatic heterocycles. The van der Waals surface area contributed by atoms with Crippen molar-refractivity contribution in [2.75, 3.05) is 62.6 Å². The van der Waals surface area contributed by atoms with Crippen LogP contribution < -0.4 is 41.9 Å². The fourth-order valence-corrected chi connectivity index (χ4v) is 18.8. The van der Waals surface area contributed by atoms with Crippen LogP contribution in [0.1, 0.15) is 168 Å². The molecule has 4 aliphatic carbocycles. The van der Waals surface area contributed by atoms with Gasteiger partial charge >= 0.3 is 0 Å². The summed E-state index contributed by atoms with van der Waals surface area (Å²) in [5.74, 6) is -5.21. The Morgan fingerprint density at radius 1 is 0.338 bits per heavy atom. The average molecular weight is 1990 g/mol. The SMILES string of the molecule is CC(C)CCn1cc(-c2cnc(N)c(-c3nnnn3-c3ccc(OCCC4CCCC4)c(F)c3F)c2)cn1.Cn1cc(-c2cnc(N)c(-c3nnnn3-c3ccc(OCCC4CCCC4)c(F)c3F)c2)cn1.Cn1cc(-c2cnc(N)c(-c3nnnn3-c3ccc(OCCC4CCCC4)c(F)c3F)c2)cn1.Nc1ncc(-c2cnn(C3CCOCC3)c2)cc1-c1nnnn1-c1ccc(OCCC2CCCC2)c(F)c1F. The summed E-state index contributed by atoms with van der Waals surface area (Å²) in [7, 11) is 3.60. The third kappa shape index (κ3) is 23.2. The second-order valence-electron chi connectivity index (χ2n) is 37.3. The predicted molar refractivity (Wildman–Crippen MR) is 521 cm³/mol. The summed E-state index contributed by atoms with van der Waals surface area (Å²) in [6.07, 6.45) is 46.1. The molecule has 5 fully saturated rings. The number of hydrogen-bond donors (Lipinski definition) is 4. The molecule has 8 N–H and O–H groups in total. The van der Waals surface area contributed by atoms with Crippen LogP contribution in [-0.4, -0.2) is 180 Å². The molecule has 13 heterocycles. The summed E-state index contributed by atoms with van der Waals surface area (Å²) >= 11 is 0. The van der Waals surface area contributed by atoms with E-state index >= 15 is 17.6 Å². The van der Waals surface area contributed by atoms with Crippen molar-refractivity contribution in [2.45, 2.75) is 174 Å². The molecular formula is C100H110F8N32O5. The van der Waals surface area contributed by atoms with Crippen molar-refractivity contribution >= 4 is 23.3 Å². The summed E-state index contributed by atoms with van der Waals surface area (Å²) in [5.41, 5.74) is 31.6. The summed E-state index contributed by atoms with van der Waals surface area (Å²) in [5, 5.41) is 63.6. The molecule has 0 amide bonds. The van der Waals surface area contributed by atoms with Gasteiger partial charge in [-0.1, -0.05) is 117 Å². The minimum absolute atomic E-state index is 0.128. The minimum Gasteiger partial charge on any atom is -0.490 e. The predicted octanol–water partition coefficient (Wildman–Crippen LogP) is 18.1. The molecule has 4 aromatic carbocycles. The minimum atomic E-state index is -1.11. The van der Waals surface area contributed by atoms with E-state index in [9.17, 15) is 17.6 Å². The lowest BCUT2D eigenvalue weighted by Gasteiger charge is -2.22. The van der Waals surface area contributed by atoms with Crippen molar-refractivity contribution in [1.82, 2.24) is 140 Å². The van der Waals surface area contributed by atoms with Crippen LogP contribution in [0.25, 0.3) is 113 Å². The van der Waals surface area contributed by atoms with Crippen LogP contribution >= 0.6 is 0 Å². The topological polar surface area (TPSA) is 447 Å². The van der Waals surface area contributed by atoms with Gasteiger partial charge in [-0.2, -0.15) is 56.7 Å². The fourth-order valence-electron chi connectivity index (χ4n) is 18.8. The zero-order valence-corrected chi connectivity index (χ0v) is 80.4. The van der Waals surface area contributed by atoms with Crippen LogP contribution in [0.2, 0.25) is 0 Å². The molecule has 1 aliphatic heterocycles. The Morgan fingerprint density at radius 2 is 0.621 bits per heavy atom. The lowest BCUT2D eigenvalue weighted by molar-refractivity contribution is 0.0662. The van der Waals surface area contributed by atoms with E-state index in [0.717, 1.165) is 115 Å². The number of ether oxygens (including phenoxy) is 5. The number of nitrogens with two attached hydrogens (primary N) is 4. The number of nitrogens with zero attached hydrogens (tertiary/aromatic N) is 28. The number of pyridine rings is 4. The Morgan fingerprint density at radius 3 is 0.910 bits per heavy atom. The average Bonchev–Trinajstić information content (AvgIpc) is 1.61. The second-order valence-corrected chi connectivity index (χ2v) is 37.3. The van der Waals surface area contributed by atoms with Crippen molar-refractivity contribution in [3.63, 3.8) is 0 Å². The number of hydrogen-bond acceptors (Lipinski definition) is 29. The number of anilines is 4. The number of aromatic nitrogens is 28. The Labute approximate surface area is 827 Å². The fraction of sp³-hybridized carbons (Fsp3) is 0.400. The Balaban J connectivity index is 0.000000127. The number of benzene rings is 4. The van der Waals surface area contributed by atoms with Crippen molar-refractivity contribution in [1.29, 1.82) is 0 Å². The Kier molecular flexibility index (Phi) is 31.4. The normalized spacial score (nSPS) is 14.8. The molecule has 0 unspecified atom stereocenters. The number of tetrazole rings is 4. The molecule has 21 rings (SSSR count). The van der Waals surface area contributed by atoms with Crippen LogP contribution in [0.3, 0.4) is 0 Å². The largest absolute Gasteiger partial charge is 0.490 e. The molecule has 0 atom stereocenters. The first-order chi connectivity index (χ1) is 70.5. The summed E-state index contributed by atoms with van der Waals surface area (Å²) < 4.78 is 159. The van der Waals surface area contributed by atoms with E-state index < -0.39 is 46.5 Å². The first-order valence-electron chi connectivity index (χ1n) is 48.8. The summed E-state index contributed by atoms with van der Waals surface area (Å²) in [6.45, 7) is 7.93. The second kappa shape index (κ2) is 45.8. The molecule has 5 aliphatic rings. The Bertz CT molecular complexity index is 6920. The maximum Gasteiger partial charge on any atom is 0.202 e. The molecule has 0 spiro atoms. The molecule has 756 valence electrons. The van der Waals surface area contributed by atoms with E-state index in [4.69, 9.17) is 46.6 Å². The van der Waals surface area contributed by atoms with Gasteiger partial charge in [0.05, 0.1) is 79.5 Å². The molecule has 1 saturated heterocycles.